The van der Waals surface area contributed by atoms with Crippen LogP contribution in [0.5, 0.6) is 0 Å². The Kier molecular flexibility index (Phi) is 6.10. The van der Waals surface area contributed by atoms with Crippen molar-refractivity contribution in [1.82, 2.24) is 9.88 Å². The summed E-state index contributed by atoms with van der Waals surface area (Å²) in [4.78, 5) is 56.5. The van der Waals surface area contributed by atoms with Crippen LogP contribution >= 0.6 is 0 Å². The van der Waals surface area contributed by atoms with Gasteiger partial charge in [-0.3, -0.25) is 24.1 Å². The molecule has 1 aromatic heterocycles. The molecule has 2 amide bonds. The fraction of sp³-hybridized carbons (Fsp3) is 0.160. The second-order valence-electron chi connectivity index (χ2n) is 7.86. The number of hydrogen-bond acceptors (Lipinski definition) is 6. The van der Waals surface area contributed by atoms with Gasteiger partial charge in [0.2, 0.25) is 11.8 Å². The number of hydrogen-bond donors (Lipinski definition) is 2. The monoisotopic (exact) mass is 442 g/mol. The maximum Gasteiger partial charge on any atom is 0.239 e. The fourth-order valence-electron chi connectivity index (χ4n) is 3.78. The lowest BCUT2D eigenvalue weighted by Gasteiger charge is -2.21. The van der Waals surface area contributed by atoms with Crippen LogP contribution in [0.15, 0.2) is 60.7 Å². The number of aromatic nitrogens is 1. The highest BCUT2D eigenvalue weighted by molar-refractivity contribution is 6.30. The molecule has 2 N–H and O–H groups in total. The van der Waals surface area contributed by atoms with E-state index in [9.17, 15) is 19.2 Å². The number of pyridine rings is 1. The highest BCUT2D eigenvalue weighted by atomic mass is 16.2. The molecule has 0 saturated heterocycles. The zero-order valence-corrected chi connectivity index (χ0v) is 18.2. The highest BCUT2D eigenvalue weighted by Gasteiger charge is 2.31. The summed E-state index contributed by atoms with van der Waals surface area (Å²) < 4.78 is 0. The number of anilines is 2. The van der Waals surface area contributed by atoms with E-state index in [-0.39, 0.29) is 47.4 Å². The summed E-state index contributed by atoms with van der Waals surface area (Å²) in [5.74, 6) is -0.842. The second kappa shape index (κ2) is 9.13. The number of fused-ring (bicyclic) bond motifs is 2. The number of benzene rings is 2. The van der Waals surface area contributed by atoms with E-state index in [1.54, 1.807) is 61.6 Å². The van der Waals surface area contributed by atoms with Crippen LogP contribution in [-0.2, 0) is 9.59 Å². The highest BCUT2D eigenvalue weighted by Crippen LogP contribution is 2.31. The average Bonchev–Trinajstić information content (AvgIpc) is 2.77. The number of rotatable bonds is 6. The van der Waals surface area contributed by atoms with E-state index >= 15 is 0 Å². The Labute approximate surface area is 190 Å². The third kappa shape index (κ3) is 4.70. The number of nitrogens with zero attached hydrogens (tertiary/aromatic N) is 2. The SMILES string of the molecule is Cc1cccc(NC(=O)CN(C)CC(=O)Nc2cccc3c2C(=O)c2ccccc2C3=O)n1. The lowest BCUT2D eigenvalue weighted by molar-refractivity contribution is -0.119. The molecule has 0 unspecified atom stereocenters. The molecular weight excluding hydrogens is 420 g/mol. The van der Waals surface area contributed by atoms with Gasteiger partial charge in [-0.15, -0.1) is 0 Å². The first-order valence-corrected chi connectivity index (χ1v) is 10.4. The van der Waals surface area contributed by atoms with Gasteiger partial charge in [0.25, 0.3) is 0 Å². The van der Waals surface area contributed by atoms with Crippen molar-refractivity contribution in [3.8, 4) is 0 Å². The molecule has 0 atom stereocenters. The van der Waals surface area contributed by atoms with Gasteiger partial charge in [-0.25, -0.2) is 4.98 Å². The lowest BCUT2D eigenvalue weighted by atomic mass is 9.83. The molecular formula is C25H22N4O4. The number of carbonyl (C=O) groups is 4. The van der Waals surface area contributed by atoms with Crippen LogP contribution in [0, 0.1) is 6.92 Å². The van der Waals surface area contributed by atoms with Crippen LogP contribution in [0.4, 0.5) is 11.5 Å². The zero-order valence-electron chi connectivity index (χ0n) is 18.2. The van der Waals surface area contributed by atoms with Crippen molar-refractivity contribution in [3.05, 3.63) is 88.6 Å². The van der Waals surface area contributed by atoms with Gasteiger partial charge in [0.1, 0.15) is 5.82 Å². The van der Waals surface area contributed by atoms with Gasteiger partial charge in [0.15, 0.2) is 11.6 Å². The van der Waals surface area contributed by atoms with Crippen LogP contribution in [0.1, 0.15) is 37.5 Å². The van der Waals surface area contributed by atoms with Crippen molar-refractivity contribution in [2.45, 2.75) is 6.92 Å². The van der Waals surface area contributed by atoms with Crippen LogP contribution < -0.4 is 10.6 Å². The smallest absolute Gasteiger partial charge is 0.239 e. The molecule has 0 fully saturated rings. The van der Waals surface area contributed by atoms with Crippen molar-refractivity contribution >= 4 is 34.9 Å². The van der Waals surface area contributed by atoms with Crippen molar-refractivity contribution in [2.75, 3.05) is 30.8 Å². The van der Waals surface area contributed by atoms with E-state index in [4.69, 9.17) is 0 Å². The van der Waals surface area contributed by atoms with Gasteiger partial charge < -0.3 is 10.6 Å². The number of amides is 2. The van der Waals surface area contributed by atoms with E-state index in [1.165, 1.54) is 4.90 Å². The summed E-state index contributed by atoms with van der Waals surface area (Å²) in [6.45, 7) is 1.71. The largest absolute Gasteiger partial charge is 0.324 e. The topological polar surface area (TPSA) is 108 Å². The van der Waals surface area contributed by atoms with Crippen LogP contribution in [0.3, 0.4) is 0 Å². The van der Waals surface area contributed by atoms with Crippen LogP contribution in [-0.4, -0.2) is 53.4 Å². The Morgan fingerprint density at radius 2 is 1.39 bits per heavy atom. The minimum Gasteiger partial charge on any atom is -0.324 e. The zero-order chi connectivity index (χ0) is 23.5. The van der Waals surface area contributed by atoms with Gasteiger partial charge in [-0.2, -0.15) is 0 Å². The molecule has 4 rings (SSSR count). The average molecular weight is 442 g/mol. The van der Waals surface area contributed by atoms with E-state index in [1.807, 2.05) is 13.0 Å². The lowest BCUT2D eigenvalue weighted by Crippen LogP contribution is -2.36. The molecule has 3 aromatic rings. The molecule has 1 heterocycles. The Morgan fingerprint density at radius 3 is 2.09 bits per heavy atom. The predicted molar refractivity (Wildman–Crippen MR) is 123 cm³/mol. The molecule has 0 saturated carbocycles. The molecule has 8 nitrogen and oxygen atoms in total. The molecule has 0 radical (unpaired) electrons. The minimum absolute atomic E-state index is 0.0271. The first kappa shape index (κ1) is 22.0. The van der Waals surface area contributed by atoms with Gasteiger partial charge in [-0.1, -0.05) is 42.5 Å². The quantitative estimate of drug-likeness (QED) is 0.475. The molecule has 8 heteroatoms. The van der Waals surface area contributed by atoms with E-state index in [0.717, 1.165) is 5.69 Å². The summed E-state index contributed by atoms with van der Waals surface area (Å²) >= 11 is 0. The fourth-order valence-corrected chi connectivity index (χ4v) is 3.78. The number of ketones is 2. The van der Waals surface area contributed by atoms with Gasteiger partial charge in [-0.05, 0) is 32.2 Å². The van der Waals surface area contributed by atoms with Crippen molar-refractivity contribution in [2.24, 2.45) is 0 Å². The minimum atomic E-state index is -0.411. The Balaban J connectivity index is 1.43. The van der Waals surface area contributed by atoms with Gasteiger partial charge >= 0.3 is 0 Å². The summed E-state index contributed by atoms with van der Waals surface area (Å²) in [6, 6.07) is 16.7. The maximum atomic E-state index is 13.0. The second-order valence-corrected chi connectivity index (χ2v) is 7.86. The van der Waals surface area contributed by atoms with Crippen molar-refractivity contribution in [1.29, 1.82) is 0 Å². The van der Waals surface area contributed by atoms with Crippen LogP contribution in [0.2, 0.25) is 0 Å². The molecule has 2 aromatic carbocycles. The first-order chi connectivity index (χ1) is 15.8. The summed E-state index contributed by atoms with van der Waals surface area (Å²) in [6.07, 6.45) is 0. The molecule has 0 spiro atoms. The summed E-state index contributed by atoms with van der Waals surface area (Å²) in [5, 5.41) is 5.41. The predicted octanol–water partition coefficient (Wildman–Crippen LogP) is 2.67. The standard InChI is InChI=1S/C25H22N4O4/c1-15-7-5-12-20(26-15)28-22(31)14-29(2)13-21(30)27-19-11-6-10-18-23(19)25(33)17-9-4-3-8-16(17)24(18)32/h3-12H,13-14H2,1-2H3,(H,27,30)(H,26,28,31). The summed E-state index contributed by atoms with van der Waals surface area (Å²) in [5.41, 5.74) is 2.16. The molecule has 0 aliphatic heterocycles. The maximum absolute atomic E-state index is 13.0. The molecule has 1 aliphatic carbocycles. The molecule has 33 heavy (non-hydrogen) atoms. The molecule has 1 aliphatic rings. The number of carbonyl (C=O) groups excluding carboxylic acids is 4. The summed E-state index contributed by atoms with van der Waals surface area (Å²) in [7, 11) is 1.63. The van der Waals surface area contributed by atoms with Crippen molar-refractivity contribution in [3.63, 3.8) is 0 Å². The molecule has 0 bridgehead atoms. The molecule has 166 valence electrons. The van der Waals surface area contributed by atoms with E-state index < -0.39 is 5.91 Å². The van der Waals surface area contributed by atoms with Gasteiger partial charge in [0, 0.05) is 22.4 Å². The first-order valence-electron chi connectivity index (χ1n) is 10.4. The third-order valence-corrected chi connectivity index (χ3v) is 5.21. The Hall–Kier alpha value is -4.17. The third-order valence-electron chi connectivity index (χ3n) is 5.21. The Bertz CT molecular complexity index is 1280. The number of aryl methyl sites for hydroxylation is 1. The van der Waals surface area contributed by atoms with Crippen molar-refractivity contribution < 1.29 is 19.2 Å². The normalized spacial score (nSPS) is 12.2. The number of likely N-dealkylation sites (N-methyl/N-ethyl adjacent to an activating group) is 1. The number of nitrogens with one attached hydrogen (secondary N) is 2. The van der Waals surface area contributed by atoms with Crippen LogP contribution in [0.25, 0.3) is 0 Å². The van der Waals surface area contributed by atoms with E-state index in [0.29, 0.717) is 16.9 Å². The Morgan fingerprint density at radius 1 is 0.788 bits per heavy atom. The van der Waals surface area contributed by atoms with E-state index in [2.05, 4.69) is 15.6 Å². The van der Waals surface area contributed by atoms with Gasteiger partial charge in [0.05, 0.1) is 24.3 Å².